The van der Waals surface area contributed by atoms with Crippen LogP contribution in [0.1, 0.15) is 29.6 Å². The number of ether oxygens (including phenoxy) is 1. The second kappa shape index (κ2) is 6.58. The van der Waals surface area contributed by atoms with Crippen molar-refractivity contribution in [3.05, 3.63) is 27.5 Å². The first-order valence-electron chi connectivity index (χ1n) is 6.01. The molecule has 1 aromatic rings. The number of anilines is 1. The molecule has 110 valence electrons. The van der Waals surface area contributed by atoms with E-state index in [0.29, 0.717) is 13.0 Å². The van der Waals surface area contributed by atoms with Gasteiger partial charge in [-0.3, -0.25) is 4.79 Å². The van der Waals surface area contributed by atoms with Gasteiger partial charge in [-0.1, -0.05) is 23.2 Å². The smallest absolute Gasteiger partial charge is 0.276 e. The molecule has 0 aliphatic carbocycles. The van der Waals surface area contributed by atoms with Crippen LogP contribution in [0.25, 0.3) is 0 Å². The Morgan fingerprint density at radius 1 is 1.45 bits per heavy atom. The SMILES string of the molecule is Nc1c(Cl)c(F)cc(C(=O)NOC2CCCCO2)c1Cl. The predicted octanol–water partition coefficient (Wildman–Crippen LogP) is 2.90. The van der Waals surface area contributed by atoms with E-state index in [1.807, 2.05) is 0 Å². The minimum absolute atomic E-state index is 0.123. The molecular formula is C12H13Cl2FN2O3. The van der Waals surface area contributed by atoms with Gasteiger partial charge in [-0.2, -0.15) is 0 Å². The maximum Gasteiger partial charge on any atom is 0.276 e. The van der Waals surface area contributed by atoms with Crippen molar-refractivity contribution in [3.63, 3.8) is 0 Å². The van der Waals surface area contributed by atoms with Crippen molar-refractivity contribution >= 4 is 34.8 Å². The van der Waals surface area contributed by atoms with Crippen LogP contribution < -0.4 is 11.2 Å². The lowest BCUT2D eigenvalue weighted by atomic mass is 10.2. The maximum atomic E-state index is 13.5. The Bertz CT molecular complexity index is 522. The van der Waals surface area contributed by atoms with Gasteiger partial charge in [0.2, 0.25) is 0 Å². The van der Waals surface area contributed by atoms with E-state index >= 15 is 0 Å². The predicted molar refractivity (Wildman–Crippen MR) is 73.0 cm³/mol. The molecule has 1 aromatic carbocycles. The van der Waals surface area contributed by atoms with Gasteiger partial charge in [0.05, 0.1) is 16.3 Å². The molecule has 2 rings (SSSR count). The summed E-state index contributed by atoms with van der Waals surface area (Å²) in [6.07, 6.45) is 2.06. The molecule has 0 aromatic heterocycles. The van der Waals surface area contributed by atoms with Gasteiger partial charge in [-0.25, -0.2) is 14.7 Å². The number of benzene rings is 1. The number of nitrogens with one attached hydrogen (secondary N) is 1. The average molecular weight is 323 g/mol. The summed E-state index contributed by atoms with van der Waals surface area (Å²) in [4.78, 5) is 17.0. The Morgan fingerprint density at radius 2 is 2.20 bits per heavy atom. The van der Waals surface area contributed by atoms with E-state index in [4.69, 9.17) is 38.5 Å². The minimum atomic E-state index is -0.826. The third-order valence-electron chi connectivity index (χ3n) is 2.86. The van der Waals surface area contributed by atoms with Crippen LogP contribution in [0, 0.1) is 5.82 Å². The van der Waals surface area contributed by atoms with E-state index in [1.165, 1.54) is 0 Å². The van der Waals surface area contributed by atoms with Gasteiger partial charge in [-0.05, 0) is 18.9 Å². The molecule has 20 heavy (non-hydrogen) atoms. The molecule has 1 heterocycles. The van der Waals surface area contributed by atoms with E-state index in [2.05, 4.69) is 5.48 Å². The lowest BCUT2D eigenvalue weighted by molar-refractivity contribution is -0.186. The third kappa shape index (κ3) is 3.32. The maximum absolute atomic E-state index is 13.5. The summed E-state index contributed by atoms with van der Waals surface area (Å²) in [7, 11) is 0. The molecule has 0 saturated carbocycles. The van der Waals surface area contributed by atoms with Crippen LogP contribution in [-0.4, -0.2) is 18.8 Å². The van der Waals surface area contributed by atoms with Crippen molar-refractivity contribution in [1.29, 1.82) is 0 Å². The molecule has 0 radical (unpaired) electrons. The first-order valence-corrected chi connectivity index (χ1v) is 6.77. The molecule has 5 nitrogen and oxygen atoms in total. The zero-order chi connectivity index (χ0) is 14.7. The van der Waals surface area contributed by atoms with Crippen LogP contribution in [0.4, 0.5) is 10.1 Å². The number of halogens is 3. The molecule has 3 N–H and O–H groups in total. The number of nitrogen functional groups attached to an aromatic ring is 1. The number of hydrogen-bond acceptors (Lipinski definition) is 4. The van der Waals surface area contributed by atoms with Gasteiger partial charge in [0.1, 0.15) is 10.8 Å². The van der Waals surface area contributed by atoms with E-state index in [9.17, 15) is 9.18 Å². The van der Waals surface area contributed by atoms with Gasteiger partial charge in [0, 0.05) is 13.0 Å². The summed E-state index contributed by atoms with van der Waals surface area (Å²) in [5.74, 6) is -1.54. The topological polar surface area (TPSA) is 73.6 Å². The van der Waals surface area contributed by atoms with Gasteiger partial charge in [0.25, 0.3) is 5.91 Å². The van der Waals surface area contributed by atoms with Crippen molar-refractivity contribution in [2.45, 2.75) is 25.6 Å². The monoisotopic (exact) mass is 322 g/mol. The van der Waals surface area contributed by atoms with Gasteiger partial charge >= 0.3 is 0 Å². The second-order valence-corrected chi connectivity index (χ2v) is 5.05. The Balaban J connectivity index is 2.05. The Morgan fingerprint density at radius 3 is 2.85 bits per heavy atom. The standard InChI is InChI=1S/C12H13Cl2FN2O3/c13-9-6(5-7(15)10(14)11(9)16)12(18)17-20-8-3-1-2-4-19-8/h5,8H,1-4,16H2,(H,17,18). The zero-order valence-electron chi connectivity index (χ0n) is 10.4. The van der Waals surface area contributed by atoms with Gasteiger partial charge in [-0.15, -0.1) is 0 Å². The second-order valence-electron chi connectivity index (χ2n) is 4.29. The molecular weight excluding hydrogens is 310 g/mol. The lowest BCUT2D eigenvalue weighted by Crippen LogP contribution is -2.33. The molecule has 1 saturated heterocycles. The van der Waals surface area contributed by atoms with Crippen LogP contribution >= 0.6 is 23.2 Å². The van der Waals surface area contributed by atoms with E-state index < -0.39 is 18.0 Å². The fourth-order valence-corrected chi connectivity index (χ4v) is 2.20. The van der Waals surface area contributed by atoms with Crippen LogP contribution in [0.3, 0.4) is 0 Å². The van der Waals surface area contributed by atoms with Crippen molar-refractivity contribution < 1.29 is 18.8 Å². The van der Waals surface area contributed by atoms with E-state index in [0.717, 1.165) is 18.9 Å². The molecule has 1 aliphatic heterocycles. The number of hydrogen-bond donors (Lipinski definition) is 2. The molecule has 1 unspecified atom stereocenters. The number of nitrogens with two attached hydrogens (primary N) is 1. The van der Waals surface area contributed by atoms with Crippen LogP contribution in [0.5, 0.6) is 0 Å². The quantitative estimate of drug-likeness (QED) is 0.510. The van der Waals surface area contributed by atoms with E-state index in [-0.39, 0.29) is 21.3 Å². The Kier molecular flexibility index (Phi) is 5.04. The molecule has 1 atom stereocenters. The fraction of sp³-hybridized carbons (Fsp3) is 0.417. The highest BCUT2D eigenvalue weighted by molar-refractivity contribution is 6.40. The number of amides is 1. The highest BCUT2D eigenvalue weighted by Crippen LogP contribution is 2.33. The molecule has 8 heteroatoms. The fourth-order valence-electron chi connectivity index (χ4n) is 1.77. The summed E-state index contributed by atoms with van der Waals surface area (Å²) in [5.41, 5.74) is 7.34. The summed E-state index contributed by atoms with van der Waals surface area (Å²) in [6, 6.07) is 0.904. The largest absolute Gasteiger partial charge is 0.396 e. The highest BCUT2D eigenvalue weighted by atomic mass is 35.5. The van der Waals surface area contributed by atoms with Crippen molar-refractivity contribution in [2.24, 2.45) is 0 Å². The molecule has 0 spiro atoms. The highest BCUT2D eigenvalue weighted by Gasteiger charge is 2.21. The van der Waals surface area contributed by atoms with Gasteiger partial charge < -0.3 is 10.5 Å². The Labute approximate surface area is 125 Å². The van der Waals surface area contributed by atoms with Gasteiger partial charge in [0.15, 0.2) is 6.29 Å². The number of carbonyl (C=O) groups excluding carboxylic acids is 1. The van der Waals surface area contributed by atoms with Crippen LogP contribution in [0.2, 0.25) is 10.0 Å². The van der Waals surface area contributed by atoms with Crippen molar-refractivity contribution in [2.75, 3.05) is 12.3 Å². The van der Waals surface area contributed by atoms with E-state index in [1.54, 1.807) is 0 Å². The minimum Gasteiger partial charge on any atom is -0.396 e. The molecule has 1 fully saturated rings. The third-order valence-corrected chi connectivity index (χ3v) is 3.65. The number of hydroxylamine groups is 1. The number of carbonyl (C=O) groups is 1. The van der Waals surface area contributed by atoms with Crippen molar-refractivity contribution in [1.82, 2.24) is 5.48 Å². The Hall–Kier alpha value is -1.08. The molecule has 1 amide bonds. The lowest BCUT2D eigenvalue weighted by Gasteiger charge is -2.22. The summed E-state index contributed by atoms with van der Waals surface area (Å²) < 4.78 is 18.7. The zero-order valence-corrected chi connectivity index (χ0v) is 11.9. The normalized spacial score (nSPS) is 18.9. The van der Waals surface area contributed by atoms with Crippen LogP contribution in [0.15, 0.2) is 6.07 Å². The number of rotatable bonds is 3. The van der Waals surface area contributed by atoms with Crippen molar-refractivity contribution in [3.8, 4) is 0 Å². The molecule has 0 bridgehead atoms. The first-order chi connectivity index (χ1) is 9.50. The first kappa shape index (κ1) is 15.3. The summed E-state index contributed by atoms with van der Waals surface area (Å²) in [6.45, 7) is 0.573. The summed E-state index contributed by atoms with van der Waals surface area (Å²) >= 11 is 11.5. The molecule has 1 aliphatic rings. The summed E-state index contributed by atoms with van der Waals surface area (Å²) in [5, 5.41) is -0.440. The average Bonchev–Trinajstić information content (AvgIpc) is 2.47. The van der Waals surface area contributed by atoms with Crippen LogP contribution in [-0.2, 0) is 9.57 Å².